The van der Waals surface area contributed by atoms with Crippen LogP contribution in [0.2, 0.25) is 0 Å². The molecule has 1 spiro atoms. The van der Waals surface area contributed by atoms with Crippen molar-refractivity contribution in [1.29, 1.82) is 0 Å². The first-order chi connectivity index (χ1) is 11.9. The van der Waals surface area contributed by atoms with E-state index in [2.05, 4.69) is 5.32 Å². The van der Waals surface area contributed by atoms with Crippen LogP contribution in [0, 0.1) is 5.41 Å². The Morgan fingerprint density at radius 2 is 2.04 bits per heavy atom. The standard InChI is InChI=1S/C19H26N2O4/c1-13(2)25-15-5-3-4-14(10-15)17(22)21-12-19(6-8-20-9-7-19)11-16(21)18(23)24/h3-5,10,13,16,20H,6-9,11-12H2,1-2H3,(H,23,24). The van der Waals surface area contributed by atoms with Gasteiger partial charge in [-0.1, -0.05) is 6.07 Å². The monoisotopic (exact) mass is 346 g/mol. The zero-order chi connectivity index (χ0) is 18.0. The number of carboxylic acids is 1. The molecule has 2 N–H and O–H groups in total. The van der Waals surface area contributed by atoms with Crippen molar-refractivity contribution in [3.63, 3.8) is 0 Å². The summed E-state index contributed by atoms with van der Waals surface area (Å²) in [5, 5.41) is 12.9. The fourth-order valence-corrected chi connectivity index (χ4v) is 3.95. The van der Waals surface area contributed by atoms with Gasteiger partial charge in [-0.25, -0.2) is 4.79 Å². The van der Waals surface area contributed by atoms with E-state index in [-0.39, 0.29) is 17.4 Å². The SMILES string of the molecule is CC(C)Oc1cccc(C(=O)N2CC3(CCNCC3)CC2C(=O)O)c1. The number of ether oxygens (including phenoxy) is 1. The first-order valence-corrected chi connectivity index (χ1v) is 8.91. The van der Waals surface area contributed by atoms with Gasteiger partial charge in [0.2, 0.25) is 0 Å². The molecule has 1 aromatic carbocycles. The summed E-state index contributed by atoms with van der Waals surface area (Å²) < 4.78 is 5.66. The van der Waals surface area contributed by atoms with Gasteiger partial charge in [0.25, 0.3) is 5.91 Å². The van der Waals surface area contributed by atoms with E-state index in [1.807, 2.05) is 19.9 Å². The van der Waals surface area contributed by atoms with E-state index in [0.717, 1.165) is 25.9 Å². The smallest absolute Gasteiger partial charge is 0.326 e. The molecular weight excluding hydrogens is 320 g/mol. The van der Waals surface area contributed by atoms with Gasteiger partial charge in [0.15, 0.2) is 0 Å². The molecule has 3 rings (SSSR count). The Labute approximate surface area is 148 Å². The predicted octanol–water partition coefficient (Wildman–Crippen LogP) is 2.14. The van der Waals surface area contributed by atoms with E-state index in [4.69, 9.17) is 4.74 Å². The number of rotatable bonds is 4. The van der Waals surface area contributed by atoms with Crippen molar-refractivity contribution in [2.24, 2.45) is 5.41 Å². The van der Waals surface area contributed by atoms with E-state index in [1.165, 1.54) is 0 Å². The van der Waals surface area contributed by atoms with Crippen molar-refractivity contribution in [2.75, 3.05) is 19.6 Å². The van der Waals surface area contributed by atoms with Gasteiger partial charge >= 0.3 is 5.97 Å². The van der Waals surface area contributed by atoms with Gasteiger partial charge in [0.05, 0.1) is 6.10 Å². The molecule has 136 valence electrons. The zero-order valence-corrected chi connectivity index (χ0v) is 14.8. The molecule has 2 heterocycles. The van der Waals surface area contributed by atoms with Gasteiger partial charge in [0.1, 0.15) is 11.8 Å². The maximum Gasteiger partial charge on any atom is 0.326 e. The highest BCUT2D eigenvalue weighted by Gasteiger charge is 2.49. The Balaban J connectivity index is 1.83. The molecule has 0 radical (unpaired) electrons. The number of carbonyl (C=O) groups is 2. The maximum atomic E-state index is 13.0. The third kappa shape index (κ3) is 3.79. The van der Waals surface area contributed by atoms with Crippen LogP contribution in [0.5, 0.6) is 5.75 Å². The molecule has 1 unspecified atom stereocenters. The number of aliphatic carboxylic acids is 1. The van der Waals surface area contributed by atoms with Crippen molar-refractivity contribution in [1.82, 2.24) is 10.2 Å². The lowest BCUT2D eigenvalue weighted by atomic mass is 9.77. The summed E-state index contributed by atoms with van der Waals surface area (Å²) >= 11 is 0. The number of nitrogens with zero attached hydrogens (tertiary/aromatic N) is 1. The molecule has 6 heteroatoms. The normalized spacial score (nSPS) is 22.4. The van der Waals surface area contributed by atoms with E-state index >= 15 is 0 Å². The number of likely N-dealkylation sites (tertiary alicyclic amines) is 1. The Hall–Kier alpha value is -2.08. The second-order valence-electron chi connectivity index (χ2n) is 7.44. The lowest BCUT2D eigenvalue weighted by Gasteiger charge is -2.33. The van der Waals surface area contributed by atoms with Crippen molar-refractivity contribution < 1.29 is 19.4 Å². The molecule has 2 saturated heterocycles. The molecular formula is C19H26N2O4. The first kappa shape index (κ1) is 17.7. The molecule has 6 nitrogen and oxygen atoms in total. The molecule has 1 amide bonds. The molecule has 0 aromatic heterocycles. The number of piperidine rings is 1. The maximum absolute atomic E-state index is 13.0. The van der Waals surface area contributed by atoms with Crippen LogP contribution in [0.1, 0.15) is 43.5 Å². The van der Waals surface area contributed by atoms with E-state index in [0.29, 0.717) is 24.3 Å². The second kappa shape index (κ2) is 7.04. The minimum Gasteiger partial charge on any atom is -0.491 e. The van der Waals surface area contributed by atoms with E-state index in [9.17, 15) is 14.7 Å². The zero-order valence-electron chi connectivity index (χ0n) is 14.8. The van der Waals surface area contributed by atoms with Crippen LogP contribution in [-0.2, 0) is 4.79 Å². The van der Waals surface area contributed by atoms with Crippen LogP contribution in [0.25, 0.3) is 0 Å². The number of amides is 1. The summed E-state index contributed by atoms with van der Waals surface area (Å²) in [6, 6.07) is 6.26. The van der Waals surface area contributed by atoms with Gasteiger partial charge in [-0.2, -0.15) is 0 Å². The minimum atomic E-state index is -0.918. The van der Waals surface area contributed by atoms with Crippen LogP contribution in [0.3, 0.4) is 0 Å². The largest absolute Gasteiger partial charge is 0.491 e. The highest BCUT2D eigenvalue weighted by atomic mass is 16.5. The van der Waals surface area contributed by atoms with Gasteiger partial charge < -0.3 is 20.1 Å². The molecule has 0 saturated carbocycles. The summed E-state index contributed by atoms with van der Waals surface area (Å²) in [6.07, 6.45) is 2.38. The quantitative estimate of drug-likeness (QED) is 0.873. The summed E-state index contributed by atoms with van der Waals surface area (Å²) in [6.45, 7) is 6.13. The molecule has 1 atom stereocenters. The Morgan fingerprint density at radius 1 is 1.32 bits per heavy atom. The van der Waals surface area contributed by atoms with Gasteiger partial charge in [0, 0.05) is 12.1 Å². The molecule has 1 aromatic rings. The third-order valence-electron chi connectivity index (χ3n) is 5.17. The van der Waals surface area contributed by atoms with Crippen LogP contribution in [0.15, 0.2) is 24.3 Å². The summed E-state index contributed by atoms with van der Waals surface area (Å²) in [5.41, 5.74) is 0.408. The fraction of sp³-hybridized carbons (Fsp3) is 0.579. The van der Waals surface area contributed by atoms with Crippen molar-refractivity contribution >= 4 is 11.9 Å². The Morgan fingerprint density at radius 3 is 2.68 bits per heavy atom. The first-order valence-electron chi connectivity index (χ1n) is 8.91. The van der Waals surface area contributed by atoms with Crippen LogP contribution in [-0.4, -0.2) is 53.7 Å². The number of nitrogens with one attached hydrogen (secondary N) is 1. The molecule has 0 aliphatic carbocycles. The van der Waals surface area contributed by atoms with Crippen molar-refractivity contribution in [2.45, 2.75) is 45.3 Å². The van der Waals surface area contributed by atoms with Crippen molar-refractivity contribution in [3.8, 4) is 5.75 Å². The number of hydrogen-bond acceptors (Lipinski definition) is 4. The van der Waals surface area contributed by atoms with E-state index < -0.39 is 12.0 Å². The fourth-order valence-electron chi connectivity index (χ4n) is 3.95. The Bertz CT molecular complexity index is 653. The predicted molar refractivity (Wildman–Crippen MR) is 93.8 cm³/mol. The number of carbonyl (C=O) groups excluding carboxylic acids is 1. The average molecular weight is 346 g/mol. The summed E-state index contributed by atoms with van der Waals surface area (Å²) in [5.74, 6) is -0.515. The van der Waals surface area contributed by atoms with Crippen molar-refractivity contribution in [3.05, 3.63) is 29.8 Å². The Kier molecular flexibility index (Phi) is 4.99. The lowest BCUT2D eigenvalue weighted by molar-refractivity contribution is -0.141. The van der Waals surface area contributed by atoms with Crippen LogP contribution >= 0.6 is 0 Å². The summed E-state index contributed by atoms with van der Waals surface area (Å²) in [7, 11) is 0. The van der Waals surface area contributed by atoms with Crippen LogP contribution < -0.4 is 10.1 Å². The molecule has 2 aliphatic heterocycles. The highest BCUT2D eigenvalue weighted by molar-refractivity contribution is 5.97. The minimum absolute atomic E-state index is 0.0157. The number of carboxylic acid groups (broad SMARTS) is 1. The second-order valence-corrected chi connectivity index (χ2v) is 7.44. The topological polar surface area (TPSA) is 78.9 Å². The average Bonchev–Trinajstić information content (AvgIpc) is 2.94. The van der Waals surface area contributed by atoms with Gasteiger partial charge in [-0.15, -0.1) is 0 Å². The number of hydrogen-bond donors (Lipinski definition) is 2. The summed E-state index contributed by atoms with van der Waals surface area (Å²) in [4.78, 5) is 26.3. The van der Waals surface area contributed by atoms with E-state index in [1.54, 1.807) is 23.1 Å². The van der Waals surface area contributed by atoms with Gasteiger partial charge in [-0.3, -0.25) is 4.79 Å². The molecule has 2 fully saturated rings. The molecule has 0 bridgehead atoms. The van der Waals surface area contributed by atoms with Gasteiger partial charge in [-0.05, 0) is 69.8 Å². The molecule has 25 heavy (non-hydrogen) atoms. The van der Waals surface area contributed by atoms with Crippen LogP contribution in [0.4, 0.5) is 0 Å². The third-order valence-corrected chi connectivity index (χ3v) is 5.17. The number of benzene rings is 1. The molecule has 2 aliphatic rings. The lowest BCUT2D eigenvalue weighted by Crippen LogP contribution is -2.41. The highest BCUT2D eigenvalue weighted by Crippen LogP contribution is 2.42.